The van der Waals surface area contributed by atoms with Crippen LogP contribution < -0.4 is 15.2 Å². The van der Waals surface area contributed by atoms with E-state index in [1.54, 1.807) is 25.3 Å². The average molecular weight is 334 g/mol. The van der Waals surface area contributed by atoms with Gasteiger partial charge in [0.15, 0.2) is 11.5 Å². The van der Waals surface area contributed by atoms with Crippen molar-refractivity contribution < 1.29 is 19.4 Å². The van der Waals surface area contributed by atoms with Crippen LogP contribution >= 0.6 is 0 Å². The second-order valence-electron chi connectivity index (χ2n) is 6.63. The number of likely N-dealkylation sites (tertiary alicyclic amines) is 1. The maximum absolute atomic E-state index is 13.0. The summed E-state index contributed by atoms with van der Waals surface area (Å²) in [6, 6.07) is 5.36. The highest BCUT2D eigenvalue weighted by Crippen LogP contribution is 2.39. The minimum absolute atomic E-state index is 0.0551. The van der Waals surface area contributed by atoms with Crippen LogP contribution in [0.3, 0.4) is 0 Å². The fraction of sp³-hybridized carbons (Fsp3) is 0.611. The molecule has 6 heteroatoms. The monoisotopic (exact) mass is 334 g/mol. The van der Waals surface area contributed by atoms with Crippen molar-refractivity contribution >= 4 is 5.91 Å². The first-order valence-corrected chi connectivity index (χ1v) is 8.63. The Balaban J connectivity index is 1.81. The molecule has 3 atom stereocenters. The van der Waals surface area contributed by atoms with Gasteiger partial charge in [0, 0.05) is 24.9 Å². The SMILES string of the molecule is COc1cccc(C(=O)N2C[C@H]3CC[C@@H](C2)C3O)c1OCCCN. The minimum Gasteiger partial charge on any atom is -0.493 e. The Labute approximate surface area is 142 Å². The smallest absolute Gasteiger partial charge is 0.257 e. The molecule has 24 heavy (non-hydrogen) atoms. The summed E-state index contributed by atoms with van der Waals surface area (Å²) in [6.45, 7) is 2.19. The van der Waals surface area contributed by atoms with E-state index in [0.717, 1.165) is 12.8 Å². The third-order valence-corrected chi connectivity index (χ3v) is 5.10. The average Bonchev–Trinajstić information content (AvgIpc) is 2.82. The number of ether oxygens (including phenoxy) is 2. The van der Waals surface area contributed by atoms with Crippen LogP contribution in [-0.2, 0) is 0 Å². The van der Waals surface area contributed by atoms with E-state index in [-0.39, 0.29) is 23.8 Å². The molecular formula is C18H26N2O4. The standard InChI is InChI=1S/C18H26N2O4/c1-23-15-5-2-4-14(17(15)24-9-3-8-19)18(22)20-10-12-6-7-13(11-20)16(12)21/h2,4-5,12-13,16,21H,3,6-11,19H2,1H3/t12-,13+,16?. The van der Waals surface area contributed by atoms with Crippen LogP contribution in [0.2, 0.25) is 0 Å². The van der Waals surface area contributed by atoms with E-state index in [0.29, 0.717) is 49.7 Å². The van der Waals surface area contributed by atoms with Crippen LogP contribution in [-0.4, -0.2) is 55.4 Å². The van der Waals surface area contributed by atoms with Crippen molar-refractivity contribution in [3.05, 3.63) is 23.8 Å². The lowest BCUT2D eigenvalue weighted by Gasteiger charge is -2.35. The number of methoxy groups -OCH3 is 1. The van der Waals surface area contributed by atoms with Gasteiger partial charge < -0.3 is 25.2 Å². The molecule has 1 aliphatic heterocycles. The summed E-state index contributed by atoms with van der Waals surface area (Å²) in [5, 5.41) is 10.2. The lowest BCUT2D eigenvalue weighted by Crippen LogP contribution is -2.47. The predicted molar refractivity (Wildman–Crippen MR) is 90.3 cm³/mol. The Bertz CT molecular complexity index is 578. The topological polar surface area (TPSA) is 85.0 Å². The second kappa shape index (κ2) is 7.40. The molecule has 1 saturated heterocycles. The van der Waals surface area contributed by atoms with Crippen molar-refractivity contribution in [3.8, 4) is 11.5 Å². The molecule has 2 fully saturated rings. The first kappa shape index (κ1) is 17.0. The third kappa shape index (κ3) is 3.21. The minimum atomic E-state index is -0.264. The number of fused-ring (bicyclic) bond motifs is 2. The lowest BCUT2D eigenvalue weighted by atomic mass is 9.94. The predicted octanol–water partition coefficient (Wildman–Crippen LogP) is 1.27. The molecule has 1 aliphatic carbocycles. The highest BCUT2D eigenvalue weighted by molar-refractivity contribution is 5.98. The summed E-state index contributed by atoms with van der Waals surface area (Å²) in [4.78, 5) is 14.9. The molecule has 1 saturated carbocycles. The number of carbonyl (C=O) groups excluding carboxylic acids is 1. The molecule has 0 radical (unpaired) electrons. The molecule has 2 aliphatic rings. The number of benzene rings is 1. The third-order valence-electron chi connectivity index (χ3n) is 5.10. The van der Waals surface area contributed by atoms with E-state index < -0.39 is 0 Å². The summed E-state index contributed by atoms with van der Waals surface area (Å²) in [5.74, 6) is 1.37. The summed E-state index contributed by atoms with van der Waals surface area (Å²) in [5.41, 5.74) is 6.03. The van der Waals surface area contributed by atoms with E-state index in [1.165, 1.54) is 0 Å². The van der Waals surface area contributed by atoms with Gasteiger partial charge in [-0.05, 0) is 37.9 Å². The molecule has 0 aromatic heterocycles. The van der Waals surface area contributed by atoms with E-state index in [1.807, 2.05) is 4.90 Å². The van der Waals surface area contributed by atoms with Crippen molar-refractivity contribution in [2.24, 2.45) is 17.6 Å². The number of para-hydroxylation sites is 1. The van der Waals surface area contributed by atoms with E-state index in [2.05, 4.69) is 0 Å². The fourth-order valence-electron chi connectivity index (χ4n) is 3.78. The van der Waals surface area contributed by atoms with Gasteiger partial charge in [0.1, 0.15) is 0 Å². The van der Waals surface area contributed by atoms with Crippen LogP contribution in [0.25, 0.3) is 0 Å². The number of aliphatic hydroxyl groups excluding tert-OH is 1. The Morgan fingerprint density at radius 3 is 2.67 bits per heavy atom. The number of hydrogen-bond donors (Lipinski definition) is 2. The number of amides is 1. The van der Waals surface area contributed by atoms with Crippen LogP contribution in [0.4, 0.5) is 0 Å². The van der Waals surface area contributed by atoms with Crippen molar-refractivity contribution in [1.82, 2.24) is 4.90 Å². The number of piperidine rings is 1. The molecule has 132 valence electrons. The van der Waals surface area contributed by atoms with Crippen LogP contribution in [0.15, 0.2) is 18.2 Å². The Kier molecular flexibility index (Phi) is 5.26. The molecule has 3 N–H and O–H groups in total. The van der Waals surface area contributed by atoms with Crippen molar-refractivity contribution in [3.63, 3.8) is 0 Å². The number of carbonyl (C=O) groups is 1. The van der Waals surface area contributed by atoms with Gasteiger partial charge in [-0.1, -0.05) is 6.07 Å². The molecule has 1 aromatic rings. The van der Waals surface area contributed by atoms with Crippen LogP contribution in [0, 0.1) is 11.8 Å². The van der Waals surface area contributed by atoms with Gasteiger partial charge in [-0.25, -0.2) is 0 Å². The Morgan fingerprint density at radius 2 is 2.04 bits per heavy atom. The molecule has 1 heterocycles. The molecule has 1 aromatic carbocycles. The molecule has 0 spiro atoms. The molecule has 1 amide bonds. The maximum atomic E-state index is 13.0. The van der Waals surface area contributed by atoms with Gasteiger partial charge in [0.25, 0.3) is 5.91 Å². The largest absolute Gasteiger partial charge is 0.493 e. The number of hydrogen-bond acceptors (Lipinski definition) is 5. The number of nitrogens with zero attached hydrogens (tertiary/aromatic N) is 1. The zero-order valence-electron chi connectivity index (χ0n) is 14.1. The number of aliphatic hydroxyl groups is 1. The van der Waals surface area contributed by atoms with Crippen LogP contribution in [0.1, 0.15) is 29.6 Å². The zero-order chi connectivity index (χ0) is 17.1. The summed E-state index contributed by atoms with van der Waals surface area (Å²) >= 11 is 0. The lowest BCUT2D eigenvalue weighted by molar-refractivity contribution is 0.0164. The van der Waals surface area contributed by atoms with Crippen molar-refractivity contribution in [2.75, 3.05) is 33.4 Å². The zero-order valence-corrected chi connectivity index (χ0v) is 14.1. The van der Waals surface area contributed by atoms with E-state index in [9.17, 15) is 9.90 Å². The van der Waals surface area contributed by atoms with Gasteiger partial charge >= 0.3 is 0 Å². The normalized spacial score (nSPS) is 25.6. The van der Waals surface area contributed by atoms with Gasteiger partial charge in [-0.15, -0.1) is 0 Å². The molecule has 3 rings (SSSR count). The second-order valence-corrected chi connectivity index (χ2v) is 6.63. The Morgan fingerprint density at radius 1 is 1.33 bits per heavy atom. The number of nitrogens with two attached hydrogens (primary N) is 1. The summed E-state index contributed by atoms with van der Waals surface area (Å²) in [7, 11) is 1.57. The van der Waals surface area contributed by atoms with Crippen LogP contribution in [0.5, 0.6) is 11.5 Å². The first-order chi connectivity index (χ1) is 11.7. The summed E-state index contributed by atoms with van der Waals surface area (Å²) < 4.78 is 11.2. The van der Waals surface area contributed by atoms with E-state index in [4.69, 9.17) is 15.2 Å². The molecule has 6 nitrogen and oxygen atoms in total. The summed E-state index contributed by atoms with van der Waals surface area (Å²) in [6.07, 6.45) is 2.44. The molecule has 2 bridgehead atoms. The maximum Gasteiger partial charge on any atom is 0.257 e. The number of rotatable bonds is 6. The highest BCUT2D eigenvalue weighted by Gasteiger charge is 2.42. The van der Waals surface area contributed by atoms with Crippen molar-refractivity contribution in [2.45, 2.75) is 25.4 Å². The first-order valence-electron chi connectivity index (χ1n) is 8.63. The molecule has 1 unspecified atom stereocenters. The van der Waals surface area contributed by atoms with Crippen molar-refractivity contribution in [1.29, 1.82) is 0 Å². The van der Waals surface area contributed by atoms with Gasteiger partial charge in [-0.3, -0.25) is 4.79 Å². The Hall–Kier alpha value is -1.79. The quantitative estimate of drug-likeness (QED) is 0.765. The van der Waals surface area contributed by atoms with E-state index >= 15 is 0 Å². The van der Waals surface area contributed by atoms with Gasteiger partial charge in [0.2, 0.25) is 0 Å². The molecular weight excluding hydrogens is 308 g/mol. The van der Waals surface area contributed by atoms with Gasteiger partial charge in [0.05, 0.1) is 25.4 Å². The van der Waals surface area contributed by atoms with Gasteiger partial charge in [-0.2, -0.15) is 0 Å². The highest BCUT2D eigenvalue weighted by atomic mass is 16.5. The fourth-order valence-corrected chi connectivity index (χ4v) is 3.78.